The number of hydrogen-bond donors (Lipinski definition) is 3. The fourth-order valence-corrected chi connectivity index (χ4v) is 0.533. The molecule has 0 atom stereocenters. The van der Waals surface area contributed by atoms with Gasteiger partial charge in [0.2, 0.25) is 0 Å². The highest BCUT2D eigenvalue weighted by Crippen LogP contribution is 2.33. The summed E-state index contributed by atoms with van der Waals surface area (Å²) in [5.74, 6) is 0. The molecule has 0 bridgehead atoms. The molecular weight excluding hydrogens is 161 g/mol. The van der Waals surface area contributed by atoms with Gasteiger partial charge in [0, 0.05) is 13.7 Å². The van der Waals surface area contributed by atoms with Crippen molar-refractivity contribution in [2.24, 2.45) is 0 Å². The molecule has 62 valence electrons. The van der Waals surface area contributed by atoms with Gasteiger partial charge in [-0.25, -0.2) is 4.57 Å². The van der Waals surface area contributed by atoms with Crippen LogP contribution in [0.2, 0.25) is 0 Å². The first-order valence-corrected chi connectivity index (χ1v) is 4.05. The monoisotopic (exact) mass is 171 g/mol. The van der Waals surface area contributed by atoms with Gasteiger partial charge < -0.3 is 14.5 Å². The lowest BCUT2D eigenvalue weighted by atomic mass is 10.7. The summed E-state index contributed by atoms with van der Waals surface area (Å²) in [6.45, 7) is 0.571. The van der Waals surface area contributed by atoms with E-state index in [4.69, 9.17) is 9.79 Å². The molecule has 0 aliphatic rings. The van der Waals surface area contributed by atoms with E-state index in [-0.39, 0.29) is 6.54 Å². The van der Waals surface area contributed by atoms with E-state index in [0.717, 1.165) is 0 Å². The van der Waals surface area contributed by atoms with Gasteiger partial charge in [0.1, 0.15) is 0 Å². The molecule has 0 spiro atoms. The van der Waals surface area contributed by atoms with Crippen LogP contribution in [0.1, 0.15) is 0 Å². The zero-order valence-corrected chi connectivity index (χ0v) is 6.38. The van der Waals surface area contributed by atoms with Gasteiger partial charge in [0.15, 0.2) is 0 Å². The van der Waals surface area contributed by atoms with Gasteiger partial charge in [-0.2, -0.15) is 10.1 Å². The van der Waals surface area contributed by atoms with Crippen LogP contribution in [0.5, 0.6) is 0 Å². The van der Waals surface area contributed by atoms with Crippen molar-refractivity contribution in [2.75, 3.05) is 20.3 Å². The molecule has 0 unspecified atom stereocenters. The molecule has 0 aliphatic carbocycles. The molecule has 3 N–H and O–H groups in total. The van der Waals surface area contributed by atoms with Crippen LogP contribution in [0.15, 0.2) is 0 Å². The summed E-state index contributed by atoms with van der Waals surface area (Å²) in [5, 5.41) is 0. The van der Waals surface area contributed by atoms with Gasteiger partial charge in [-0.15, -0.1) is 0 Å². The van der Waals surface area contributed by atoms with Crippen LogP contribution in [-0.2, 0) is 13.9 Å². The molecule has 10 heavy (non-hydrogen) atoms. The lowest BCUT2D eigenvalue weighted by molar-refractivity contribution is 0.0991. The Bertz CT molecular complexity index is 122. The van der Waals surface area contributed by atoms with Crippen molar-refractivity contribution >= 4 is 7.82 Å². The van der Waals surface area contributed by atoms with Crippen LogP contribution in [0.25, 0.3) is 0 Å². The second-order valence-electron chi connectivity index (χ2n) is 1.47. The lowest BCUT2D eigenvalue weighted by Crippen LogP contribution is -2.17. The smallest absolute Gasteiger partial charge is 0.383 e. The fourth-order valence-electron chi connectivity index (χ4n) is 0.273. The maximum absolute atomic E-state index is 9.96. The van der Waals surface area contributed by atoms with E-state index in [1.807, 2.05) is 5.48 Å². The molecular formula is C3H10NO5P. The predicted octanol–water partition coefficient (Wildman–Crippen LogP) is -0.753. The molecule has 0 saturated heterocycles. The molecule has 0 radical (unpaired) electrons. The number of hydroxylamine groups is 1. The van der Waals surface area contributed by atoms with Gasteiger partial charge in [0.25, 0.3) is 0 Å². The first kappa shape index (κ1) is 10.0. The van der Waals surface area contributed by atoms with E-state index in [0.29, 0.717) is 6.61 Å². The summed E-state index contributed by atoms with van der Waals surface area (Å²) >= 11 is 0. The van der Waals surface area contributed by atoms with Crippen LogP contribution in [0.4, 0.5) is 0 Å². The summed E-state index contributed by atoms with van der Waals surface area (Å²) in [6.07, 6.45) is 0. The van der Waals surface area contributed by atoms with Crippen LogP contribution >= 0.6 is 7.82 Å². The number of rotatable bonds is 5. The minimum absolute atomic E-state index is 0.238. The van der Waals surface area contributed by atoms with Crippen molar-refractivity contribution in [1.29, 1.82) is 0 Å². The van der Waals surface area contributed by atoms with Gasteiger partial charge in [0.05, 0.1) is 6.61 Å². The minimum Gasteiger partial charge on any atom is -0.383 e. The third kappa shape index (κ3) is 8.03. The second kappa shape index (κ2) is 4.79. The highest BCUT2D eigenvalue weighted by Gasteiger charge is 2.12. The molecule has 0 aromatic heterocycles. The Morgan fingerprint density at radius 1 is 1.60 bits per heavy atom. The normalized spacial score (nSPS) is 11.9. The average molecular weight is 171 g/mol. The maximum atomic E-state index is 9.96. The van der Waals surface area contributed by atoms with Crippen molar-refractivity contribution in [1.82, 2.24) is 5.48 Å². The third-order valence-corrected chi connectivity index (χ3v) is 0.959. The molecule has 0 saturated carbocycles. The average Bonchev–Trinajstić information content (AvgIpc) is 1.78. The lowest BCUT2D eigenvalue weighted by Gasteiger charge is -2.04. The van der Waals surface area contributed by atoms with Crippen molar-refractivity contribution in [3.63, 3.8) is 0 Å². The molecule has 0 fully saturated rings. The van der Waals surface area contributed by atoms with E-state index in [2.05, 4.69) is 9.36 Å². The number of hydrogen-bond acceptors (Lipinski definition) is 4. The standard InChI is InChI=1S/C3H10NO5P/c1-8-3-2-4-9-10(5,6)7/h4H,2-3H2,1H3,(H2,5,6,7). The molecule has 7 heteroatoms. The molecule has 0 heterocycles. The Morgan fingerprint density at radius 3 is 2.60 bits per heavy atom. The summed E-state index contributed by atoms with van der Waals surface area (Å²) in [5.41, 5.74) is 2.04. The van der Waals surface area contributed by atoms with Crippen molar-refractivity contribution < 1.29 is 23.7 Å². The predicted molar refractivity (Wildman–Crippen MR) is 33.0 cm³/mol. The maximum Gasteiger partial charge on any atom is 0.486 e. The Labute approximate surface area is 58.3 Å². The van der Waals surface area contributed by atoms with E-state index in [1.54, 1.807) is 0 Å². The molecule has 0 rings (SSSR count). The summed E-state index contributed by atoms with van der Waals surface area (Å²) in [6, 6.07) is 0. The molecule has 6 nitrogen and oxygen atoms in total. The van der Waals surface area contributed by atoms with E-state index >= 15 is 0 Å². The third-order valence-electron chi connectivity index (χ3n) is 0.592. The molecule has 0 aromatic rings. The highest BCUT2D eigenvalue weighted by molar-refractivity contribution is 7.46. The Kier molecular flexibility index (Phi) is 4.80. The number of nitrogens with one attached hydrogen (secondary N) is 1. The quantitative estimate of drug-likeness (QED) is 0.286. The van der Waals surface area contributed by atoms with Crippen molar-refractivity contribution in [3.8, 4) is 0 Å². The van der Waals surface area contributed by atoms with E-state index < -0.39 is 7.82 Å². The SMILES string of the molecule is COCCNOP(=O)(O)O. The Hall–Kier alpha value is 0.0300. The summed E-state index contributed by atoms with van der Waals surface area (Å²) in [4.78, 5) is 16.2. The first-order chi connectivity index (χ1) is 4.56. The number of ether oxygens (including phenoxy) is 1. The van der Waals surface area contributed by atoms with E-state index in [1.165, 1.54) is 7.11 Å². The number of phosphoric acid groups is 1. The first-order valence-electron chi connectivity index (χ1n) is 2.52. The van der Waals surface area contributed by atoms with Crippen LogP contribution < -0.4 is 5.48 Å². The summed E-state index contributed by atoms with van der Waals surface area (Å²) in [7, 11) is -2.90. The van der Waals surface area contributed by atoms with E-state index in [9.17, 15) is 4.57 Å². The molecule has 0 aromatic carbocycles. The van der Waals surface area contributed by atoms with Gasteiger partial charge in [-0.1, -0.05) is 0 Å². The molecule has 0 amide bonds. The number of methoxy groups -OCH3 is 1. The topological polar surface area (TPSA) is 88.0 Å². The van der Waals surface area contributed by atoms with Crippen LogP contribution in [-0.4, -0.2) is 30.0 Å². The molecule has 0 aliphatic heterocycles. The second-order valence-corrected chi connectivity index (χ2v) is 2.63. The van der Waals surface area contributed by atoms with Gasteiger partial charge in [-0.05, 0) is 0 Å². The largest absolute Gasteiger partial charge is 0.486 e. The zero-order chi connectivity index (χ0) is 8.04. The zero-order valence-electron chi connectivity index (χ0n) is 5.48. The van der Waals surface area contributed by atoms with Crippen molar-refractivity contribution in [2.45, 2.75) is 0 Å². The highest BCUT2D eigenvalue weighted by atomic mass is 31.2. The van der Waals surface area contributed by atoms with Gasteiger partial charge in [-0.3, -0.25) is 0 Å². The minimum atomic E-state index is -4.37. The Morgan fingerprint density at radius 2 is 2.20 bits per heavy atom. The Balaban J connectivity index is 3.13. The van der Waals surface area contributed by atoms with Crippen LogP contribution in [0, 0.1) is 0 Å². The van der Waals surface area contributed by atoms with Gasteiger partial charge >= 0.3 is 7.82 Å². The summed E-state index contributed by atoms with van der Waals surface area (Å²) < 4.78 is 18.4. The van der Waals surface area contributed by atoms with Crippen molar-refractivity contribution in [3.05, 3.63) is 0 Å². The van der Waals surface area contributed by atoms with Crippen LogP contribution in [0.3, 0.4) is 0 Å². The fraction of sp³-hybridized carbons (Fsp3) is 1.00.